The Hall–Kier alpha value is -2.50. The Balaban J connectivity index is 2.53. The topological polar surface area (TPSA) is 92.5 Å². The minimum Gasteiger partial charge on any atom is -0.495 e. The lowest BCUT2D eigenvalue weighted by Crippen LogP contribution is -2.28. The number of H-pyrrole nitrogens is 1. The molecule has 1 amide bonds. The number of methoxy groups -OCH3 is 1. The normalized spacial score (nSPS) is 11.6. The van der Waals surface area contributed by atoms with Gasteiger partial charge >= 0.3 is 0 Å². The van der Waals surface area contributed by atoms with Gasteiger partial charge in [0.1, 0.15) is 11.4 Å². The molecule has 100 valence electrons. The second-order valence-electron chi connectivity index (χ2n) is 4.11. The quantitative estimate of drug-likeness (QED) is 0.558. The van der Waals surface area contributed by atoms with E-state index < -0.39 is 5.91 Å². The first-order chi connectivity index (χ1) is 9.06. The highest BCUT2D eigenvalue weighted by Gasteiger charge is 2.13. The molecule has 0 bridgehead atoms. The molecule has 0 saturated carbocycles. The summed E-state index contributed by atoms with van der Waals surface area (Å²) in [5.41, 5.74) is 7.68. The van der Waals surface area contributed by atoms with Crippen LogP contribution in [0.15, 0.2) is 23.2 Å². The number of carbonyl (C=O) groups excluding carboxylic acids is 1. The molecule has 6 nitrogen and oxygen atoms in total. The van der Waals surface area contributed by atoms with Gasteiger partial charge < -0.3 is 20.8 Å². The lowest BCUT2D eigenvalue weighted by atomic mass is 10.1. The molecule has 2 rings (SSSR count). The summed E-state index contributed by atoms with van der Waals surface area (Å²) in [5, 5.41) is 3.53. The number of carbonyl (C=O) groups is 1. The highest BCUT2D eigenvalue weighted by molar-refractivity contribution is 6.05. The molecular formula is C13H16N4O2. The van der Waals surface area contributed by atoms with Crippen LogP contribution < -0.4 is 15.8 Å². The number of ether oxygens (including phenoxy) is 1. The van der Waals surface area contributed by atoms with Crippen molar-refractivity contribution in [3.63, 3.8) is 0 Å². The smallest absolute Gasteiger partial charge is 0.296 e. The molecule has 0 atom stereocenters. The van der Waals surface area contributed by atoms with Gasteiger partial charge in [0.05, 0.1) is 12.6 Å². The molecule has 0 aliphatic rings. The molecule has 19 heavy (non-hydrogen) atoms. The van der Waals surface area contributed by atoms with Crippen molar-refractivity contribution in [3.8, 4) is 5.75 Å². The van der Waals surface area contributed by atoms with Crippen LogP contribution in [0.25, 0.3) is 10.9 Å². The van der Waals surface area contributed by atoms with Crippen LogP contribution in [0.4, 0.5) is 0 Å². The zero-order valence-electron chi connectivity index (χ0n) is 11.1. The summed E-state index contributed by atoms with van der Waals surface area (Å²) in [6, 6.07) is 5.55. The van der Waals surface area contributed by atoms with Crippen molar-refractivity contribution in [2.24, 2.45) is 10.7 Å². The van der Waals surface area contributed by atoms with E-state index in [1.54, 1.807) is 20.2 Å². The van der Waals surface area contributed by atoms with Gasteiger partial charge in [-0.2, -0.15) is 4.99 Å². The van der Waals surface area contributed by atoms with Gasteiger partial charge in [-0.15, -0.1) is 0 Å². The van der Waals surface area contributed by atoms with E-state index in [9.17, 15) is 4.79 Å². The standard InChI is InChI=1S/C13H16N4O2/c1-7-4-5-10(19-3)11-8(7)6-9(16-11)12(18)17-13(14)15-2/h4-6,16H,1-3H3,(H3,14,15,17,18). The Bertz CT molecular complexity index is 658. The van der Waals surface area contributed by atoms with Crippen molar-refractivity contribution in [2.45, 2.75) is 6.92 Å². The van der Waals surface area contributed by atoms with E-state index in [4.69, 9.17) is 10.5 Å². The first kappa shape index (κ1) is 12.9. The number of guanidine groups is 1. The molecule has 0 fully saturated rings. The van der Waals surface area contributed by atoms with Crippen molar-refractivity contribution in [1.82, 2.24) is 10.3 Å². The predicted molar refractivity (Wildman–Crippen MR) is 74.6 cm³/mol. The summed E-state index contributed by atoms with van der Waals surface area (Å²) in [4.78, 5) is 18.7. The van der Waals surface area contributed by atoms with Gasteiger partial charge in [0.2, 0.25) is 0 Å². The van der Waals surface area contributed by atoms with Crippen LogP contribution in [0.2, 0.25) is 0 Å². The number of nitrogens with two attached hydrogens (primary N) is 1. The number of aromatic nitrogens is 1. The highest BCUT2D eigenvalue weighted by Crippen LogP contribution is 2.28. The van der Waals surface area contributed by atoms with Crippen molar-refractivity contribution in [1.29, 1.82) is 0 Å². The molecule has 2 aromatic rings. The number of aliphatic imine (C=N–C) groups is 1. The fraction of sp³-hybridized carbons (Fsp3) is 0.231. The van der Waals surface area contributed by atoms with Gasteiger partial charge in [0.15, 0.2) is 5.96 Å². The number of nitrogens with zero attached hydrogens (tertiary/aromatic N) is 1. The van der Waals surface area contributed by atoms with Gasteiger partial charge in [-0.25, -0.2) is 0 Å². The van der Waals surface area contributed by atoms with E-state index in [1.165, 1.54) is 0 Å². The predicted octanol–water partition coefficient (Wildman–Crippen LogP) is 1.16. The maximum absolute atomic E-state index is 11.9. The summed E-state index contributed by atoms with van der Waals surface area (Å²) in [6.45, 7) is 1.97. The Labute approximate surface area is 110 Å². The van der Waals surface area contributed by atoms with Crippen LogP contribution in [0, 0.1) is 6.92 Å². The molecule has 0 saturated heterocycles. The fourth-order valence-corrected chi connectivity index (χ4v) is 1.84. The van der Waals surface area contributed by atoms with E-state index in [1.807, 2.05) is 19.1 Å². The average Bonchev–Trinajstić information content (AvgIpc) is 2.85. The van der Waals surface area contributed by atoms with E-state index in [-0.39, 0.29) is 5.96 Å². The zero-order chi connectivity index (χ0) is 14.0. The molecule has 6 heteroatoms. The number of fused-ring (bicyclic) bond motifs is 1. The van der Waals surface area contributed by atoms with Crippen molar-refractivity contribution >= 4 is 22.8 Å². The van der Waals surface area contributed by atoms with E-state index >= 15 is 0 Å². The summed E-state index contributed by atoms with van der Waals surface area (Å²) >= 11 is 0. The SMILES string of the molecule is CNC(N)=NC(=O)c1cc2c(C)ccc(OC)c2[nH]1. The van der Waals surface area contributed by atoms with Crippen LogP contribution in [-0.4, -0.2) is 31.0 Å². The van der Waals surface area contributed by atoms with Crippen LogP contribution in [0.1, 0.15) is 16.1 Å². The molecule has 0 aliphatic heterocycles. The Kier molecular flexibility index (Phi) is 3.41. The number of rotatable bonds is 2. The third kappa shape index (κ3) is 2.37. The van der Waals surface area contributed by atoms with Gasteiger partial charge in [-0.3, -0.25) is 4.79 Å². The van der Waals surface area contributed by atoms with Crippen LogP contribution >= 0.6 is 0 Å². The fourth-order valence-electron chi connectivity index (χ4n) is 1.84. The molecule has 0 aliphatic carbocycles. The van der Waals surface area contributed by atoms with E-state index in [2.05, 4.69) is 15.3 Å². The lowest BCUT2D eigenvalue weighted by Gasteiger charge is -2.02. The third-order valence-electron chi connectivity index (χ3n) is 2.90. The lowest BCUT2D eigenvalue weighted by molar-refractivity contribution is 0.0998. The second kappa shape index (κ2) is 5.01. The number of hydrogen-bond donors (Lipinski definition) is 3. The molecule has 1 aromatic heterocycles. The van der Waals surface area contributed by atoms with Crippen molar-refractivity contribution in [2.75, 3.05) is 14.2 Å². The van der Waals surface area contributed by atoms with E-state index in [0.717, 1.165) is 16.5 Å². The first-order valence-electron chi connectivity index (χ1n) is 5.79. The number of hydrogen-bond acceptors (Lipinski definition) is 2. The van der Waals surface area contributed by atoms with Crippen LogP contribution in [0.5, 0.6) is 5.75 Å². The number of aromatic amines is 1. The average molecular weight is 260 g/mol. The number of amides is 1. The Morgan fingerprint density at radius 3 is 2.84 bits per heavy atom. The number of benzene rings is 1. The van der Waals surface area contributed by atoms with Crippen LogP contribution in [-0.2, 0) is 0 Å². The van der Waals surface area contributed by atoms with Gasteiger partial charge in [-0.05, 0) is 24.6 Å². The minimum atomic E-state index is -0.426. The Morgan fingerprint density at radius 1 is 1.47 bits per heavy atom. The molecule has 1 heterocycles. The Morgan fingerprint density at radius 2 is 2.21 bits per heavy atom. The molecule has 0 radical (unpaired) electrons. The largest absolute Gasteiger partial charge is 0.495 e. The molecule has 0 unspecified atom stereocenters. The molecule has 4 N–H and O–H groups in total. The summed E-state index contributed by atoms with van der Waals surface area (Å²) in [5.74, 6) is 0.335. The van der Waals surface area contributed by atoms with Gasteiger partial charge in [0, 0.05) is 12.4 Å². The monoisotopic (exact) mass is 260 g/mol. The summed E-state index contributed by atoms with van der Waals surface area (Å²) in [7, 11) is 3.19. The highest BCUT2D eigenvalue weighted by atomic mass is 16.5. The van der Waals surface area contributed by atoms with Crippen LogP contribution in [0.3, 0.4) is 0 Å². The van der Waals surface area contributed by atoms with Crippen molar-refractivity contribution in [3.05, 3.63) is 29.5 Å². The maximum atomic E-state index is 11.9. The molecule has 1 aromatic carbocycles. The summed E-state index contributed by atoms with van der Waals surface area (Å²) < 4.78 is 5.26. The maximum Gasteiger partial charge on any atom is 0.296 e. The third-order valence-corrected chi connectivity index (χ3v) is 2.90. The van der Waals surface area contributed by atoms with Crippen molar-refractivity contribution < 1.29 is 9.53 Å². The minimum absolute atomic E-state index is 0.0762. The van der Waals surface area contributed by atoms with E-state index in [0.29, 0.717) is 11.4 Å². The summed E-state index contributed by atoms with van der Waals surface area (Å²) in [6.07, 6.45) is 0. The zero-order valence-corrected chi connectivity index (χ0v) is 11.1. The molecular weight excluding hydrogens is 244 g/mol. The first-order valence-corrected chi connectivity index (χ1v) is 5.79. The molecule has 0 spiro atoms. The van der Waals surface area contributed by atoms with Gasteiger partial charge in [0.25, 0.3) is 5.91 Å². The second-order valence-corrected chi connectivity index (χ2v) is 4.11. The van der Waals surface area contributed by atoms with Gasteiger partial charge in [-0.1, -0.05) is 6.07 Å². The number of nitrogens with one attached hydrogen (secondary N) is 2. The number of aryl methyl sites for hydroxylation is 1.